The van der Waals surface area contributed by atoms with Crippen molar-refractivity contribution in [3.63, 3.8) is 0 Å². The number of hydrogen-bond donors (Lipinski definition) is 6. The van der Waals surface area contributed by atoms with Crippen molar-refractivity contribution in [3.8, 4) is 0 Å². The molecule has 0 radical (unpaired) electrons. The van der Waals surface area contributed by atoms with Crippen molar-refractivity contribution in [1.82, 2.24) is 0 Å². The third kappa shape index (κ3) is 21.7. The van der Waals surface area contributed by atoms with Crippen molar-refractivity contribution in [2.75, 3.05) is 13.2 Å². The zero-order valence-corrected chi connectivity index (χ0v) is 18.1. The molecule has 0 unspecified atom stereocenters. The van der Waals surface area contributed by atoms with Crippen LogP contribution in [0.15, 0.2) is 24.3 Å². The molecule has 1 aromatic rings. The average molecular weight is 459 g/mol. The van der Waals surface area contributed by atoms with Gasteiger partial charge in [-0.15, -0.1) is 0 Å². The maximum absolute atomic E-state index is 10.4. The number of hydrogen-bond acceptors (Lipinski definition) is 6. The largest absolute Gasteiger partial charge is 0.481 e. The van der Waals surface area contributed by atoms with Crippen LogP contribution in [0.5, 0.6) is 0 Å². The lowest BCUT2D eigenvalue weighted by Gasteiger charge is -1.98. The zero-order chi connectivity index (χ0) is 24.8. The minimum atomic E-state index is -1.13. The van der Waals surface area contributed by atoms with E-state index in [2.05, 4.69) is 0 Å². The fourth-order valence-electron chi connectivity index (χ4n) is 2.27. The summed E-state index contributed by atoms with van der Waals surface area (Å²) in [6.07, 6.45) is 7.26. The number of aliphatic hydroxyl groups excluding tert-OH is 2. The second-order valence-corrected chi connectivity index (χ2v) is 6.75. The molecule has 0 aliphatic rings. The van der Waals surface area contributed by atoms with Gasteiger partial charge in [-0.25, -0.2) is 9.59 Å². The molecule has 1 rings (SSSR count). The second-order valence-electron chi connectivity index (χ2n) is 6.75. The topological polar surface area (TPSA) is 190 Å². The Kier molecular flexibility index (Phi) is 20.7. The SMILES string of the molecule is O=C(O)CCCCCCCCC(=O)O.O=C(O)c1cccc(C(=O)O)c1.OCCCCO. The maximum atomic E-state index is 10.4. The first-order valence-corrected chi connectivity index (χ1v) is 10.4. The van der Waals surface area contributed by atoms with Gasteiger partial charge < -0.3 is 30.6 Å². The number of carbonyl (C=O) groups is 4. The number of carboxylic acid groups (broad SMARTS) is 4. The molecule has 0 amide bonds. The van der Waals surface area contributed by atoms with Gasteiger partial charge in [0.1, 0.15) is 0 Å². The number of unbranched alkanes of at least 4 members (excludes halogenated alkanes) is 6. The third-order valence-electron chi connectivity index (χ3n) is 3.95. The summed E-state index contributed by atoms with van der Waals surface area (Å²) in [7, 11) is 0. The summed E-state index contributed by atoms with van der Waals surface area (Å²) in [6.45, 7) is 0.390. The standard InChI is InChI=1S/C10H18O4.C8H6O4.C4H10O2/c11-9(12)7-5-3-1-2-4-6-8-10(13)14;9-7(10)5-2-1-3-6(4-5)8(11)12;5-3-1-2-4-6/h1-8H2,(H,11,12)(H,13,14);1-4H,(H,9,10)(H,11,12);5-6H,1-4H2. The lowest BCUT2D eigenvalue weighted by atomic mass is 10.1. The van der Waals surface area contributed by atoms with Crippen LogP contribution in [0, 0.1) is 0 Å². The van der Waals surface area contributed by atoms with E-state index in [1.807, 2.05) is 0 Å². The van der Waals surface area contributed by atoms with E-state index in [0.29, 0.717) is 0 Å². The molecule has 0 aliphatic carbocycles. The van der Waals surface area contributed by atoms with Crippen LogP contribution in [0.25, 0.3) is 0 Å². The van der Waals surface area contributed by atoms with Gasteiger partial charge >= 0.3 is 23.9 Å². The summed E-state index contributed by atoms with van der Waals surface area (Å²) < 4.78 is 0. The van der Waals surface area contributed by atoms with Crippen molar-refractivity contribution in [1.29, 1.82) is 0 Å². The normalized spacial score (nSPS) is 9.56. The number of aromatic carboxylic acids is 2. The fourth-order valence-corrected chi connectivity index (χ4v) is 2.27. The van der Waals surface area contributed by atoms with Gasteiger partial charge in [0.15, 0.2) is 0 Å². The molecule has 0 atom stereocenters. The molecule has 0 aliphatic heterocycles. The predicted octanol–water partition coefficient (Wildman–Crippen LogP) is 3.11. The van der Waals surface area contributed by atoms with Crippen molar-refractivity contribution >= 4 is 23.9 Å². The molecule has 1 aromatic carbocycles. The Morgan fingerprint density at radius 1 is 0.562 bits per heavy atom. The Balaban J connectivity index is 0. The first kappa shape index (κ1) is 31.2. The smallest absolute Gasteiger partial charge is 0.335 e. The van der Waals surface area contributed by atoms with Crippen LogP contribution in [0.2, 0.25) is 0 Å². The quantitative estimate of drug-likeness (QED) is 0.226. The van der Waals surface area contributed by atoms with Gasteiger partial charge in [0.2, 0.25) is 0 Å². The van der Waals surface area contributed by atoms with E-state index >= 15 is 0 Å². The minimum Gasteiger partial charge on any atom is -0.481 e. The second kappa shape index (κ2) is 21.3. The number of aliphatic carboxylic acids is 2. The van der Waals surface area contributed by atoms with Gasteiger partial charge in [0, 0.05) is 26.1 Å². The van der Waals surface area contributed by atoms with Crippen LogP contribution in [-0.4, -0.2) is 67.7 Å². The molecule has 0 heterocycles. The molecule has 10 nitrogen and oxygen atoms in total. The first-order valence-electron chi connectivity index (χ1n) is 10.4. The van der Waals surface area contributed by atoms with Crippen molar-refractivity contribution in [2.24, 2.45) is 0 Å². The molecule has 32 heavy (non-hydrogen) atoms. The van der Waals surface area contributed by atoms with Crippen LogP contribution >= 0.6 is 0 Å². The minimum absolute atomic E-state index is 0.0186. The van der Waals surface area contributed by atoms with Crippen molar-refractivity contribution in [2.45, 2.75) is 64.2 Å². The third-order valence-corrected chi connectivity index (χ3v) is 3.95. The summed E-state index contributed by atoms with van der Waals surface area (Å²) in [5.74, 6) is -3.73. The number of rotatable bonds is 14. The van der Waals surface area contributed by atoms with Gasteiger partial charge in [-0.05, 0) is 43.9 Å². The predicted molar refractivity (Wildman–Crippen MR) is 116 cm³/mol. The number of aliphatic hydroxyl groups is 2. The van der Waals surface area contributed by atoms with Gasteiger partial charge in [-0.3, -0.25) is 9.59 Å². The Labute approximate surface area is 187 Å². The van der Waals surface area contributed by atoms with E-state index in [1.165, 1.54) is 18.2 Å². The fraction of sp³-hybridized carbons (Fsp3) is 0.545. The van der Waals surface area contributed by atoms with Gasteiger partial charge in [0.05, 0.1) is 11.1 Å². The molecule has 0 fully saturated rings. The summed E-state index contributed by atoms with van der Waals surface area (Å²) in [4.78, 5) is 41.1. The molecule has 0 bridgehead atoms. The van der Waals surface area contributed by atoms with Crippen LogP contribution < -0.4 is 0 Å². The highest BCUT2D eigenvalue weighted by molar-refractivity contribution is 5.93. The van der Waals surface area contributed by atoms with E-state index in [9.17, 15) is 19.2 Å². The van der Waals surface area contributed by atoms with Crippen LogP contribution in [0.1, 0.15) is 84.9 Å². The molecule has 10 heteroatoms. The average Bonchev–Trinajstić information content (AvgIpc) is 2.74. The Bertz CT molecular complexity index is 619. The lowest BCUT2D eigenvalue weighted by Crippen LogP contribution is -2.01. The molecule has 0 saturated heterocycles. The van der Waals surface area contributed by atoms with Gasteiger partial charge in [0.25, 0.3) is 0 Å². The summed E-state index contributed by atoms with van der Waals surface area (Å²) in [5.41, 5.74) is -0.0372. The van der Waals surface area contributed by atoms with Crippen LogP contribution in [-0.2, 0) is 9.59 Å². The monoisotopic (exact) mass is 458 g/mol. The van der Waals surface area contributed by atoms with E-state index < -0.39 is 23.9 Å². The Morgan fingerprint density at radius 3 is 1.19 bits per heavy atom. The van der Waals surface area contributed by atoms with E-state index in [0.717, 1.165) is 57.4 Å². The summed E-state index contributed by atoms with van der Waals surface area (Å²) in [5, 5.41) is 49.9. The summed E-state index contributed by atoms with van der Waals surface area (Å²) in [6, 6.07) is 5.20. The number of carboxylic acids is 4. The van der Waals surface area contributed by atoms with E-state index in [4.69, 9.17) is 30.6 Å². The Morgan fingerprint density at radius 2 is 0.906 bits per heavy atom. The highest BCUT2D eigenvalue weighted by atomic mass is 16.4. The Hall–Kier alpha value is -2.98. The molecule has 6 N–H and O–H groups in total. The highest BCUT2D eigenvalue weighted by Crippen LogP contribution is 2.08. The highest BCUT2D eigenvalue weighted by Gasteiger charge is 2.06. The van der Waals surface area contributed by atoms with Crippen molar-refractivity contribution in [3.05, 3.63) is 35.4 Å². The van der Waals surface area contributed by atoms with Crippen molar-refractivity contribution < 1.29 is 49.8 Å². The van der Waals surface area contributed by atoms with Gasteiger partial charge in [-0.1, -0.05) is 31.7 Å². The molecule has 0 aromatic heterocycles. The molecular formula is C22H34O10. The lowest BCUT2D eigenvalue weighted by molar-refractivity contribution is -0.138. The zero-order valence-electron chi connectivity index (χ0n) is 18.1. The van der Waals surface area contributed by atoms with E-state index in [1.54, 1.807) is 0 Å². The maximum Gasteiger partial charge on any atom is 0.335 e. The molecule has 0 spiro atoms. The van der Waals surface area contributed by atoms with E-state index in [-0.39, 0.29) is 37.2 Å². The molecule has 0 saturated carbocycles. The van der Waals surface area contributed by atoms with Gasteiger partial charge in [-0.2, -0.15) is 0 Å². The molecule has 182 valence electrons. The first-order chi connectivity index (χ1) is 15.1. The molecular weight excluding hydrogens is 424 g/mol. The summed E-state index contributed by atoms with van der Waals surface area (Å²) >= 11 is 0. The number of benzene rings is 1. The van der Waals surface area contributed by atoms with Crippen LogP contribution in [0.4, 0.5) is 0 Å². The van der Waals surface area contributed by atoms with Crippen LogP contribution in [0.3, 0.4) is 0 Å².